The SMILES string of the molecule is NC(=NOC(=O)COc1ccccc1Cl)c1ccc(Br)cc1. The number of para-hydroxylation sites is 1. The summed E-state index contributed by atoms with van der Waals surface area (Å²) in [5.74, 6) is -0.190. The number of hydrogen-bond donors (Lipinski definition) is 1. The molecule has 22 heavy (non-hydrogen) atoms. The van der Waals surface area contributed by atoms with Crippen molar-refractivity contribution in [1.29, 1.82) is 0 Å². The number of nitrogens with zero attached hydrogens (tertiary/aromatic N) is 1. The number of halogens is 2. The average molecular weight is 384 g/mol. The third kappa shape index (κ3) is 4.75. The van der Waals surface area contributed by atoms with Crippen LogP contribution >= 0.6 is 27.5 Å². The van der Waals surface area contributed by atoms with Gasteiger partial charge in [-0.1, -0.05) is 57.0 Å². The van der Waals surface area contributed by atoms with Crippen LogP contribution in [-0.4, -0.2) is 18.4 Å². The predicted octanol–water partition coefficient (Wildman–Crippen LogP) is 3.35. The highest BCUT2D eigenvalue weighted by Crippen LogP contribution is 2.22. The zero-order chi connectivity index (χ0) is 15.9. The second-order valence-electron chi connectivity index (χ2n) is 4.17. The Morgan fingerprint density at radius 2 is 1.86 bits per heavy atom. The first kappa shape index (κ1) is 16.3. The number of hydrogen-bond acceptors (Lipinski definition) is 4. The lowest BCUT2D eigenvalue weighted by molar-refractivity contribution is -0.146. The zero-order valence-corrected chi connectivity index (χ0v) is 13.7. The summed E-state index contributed by atoms with van der Waals surface area (Å²) >= 11 is 9.21. The molecule has 0 aromatic heterocycles. The predicted molar refractivity (Wildman–Crippen MR) is 87.9 cm³/mol. The van der Waals surface area contributed by atoms with Gasteiger partial charge in [-0.05, 0) is 24.3 Å². The molecule has 0 heterocycles. The Bertz CT molecular complexity index is 689. The van der Waals surface area contributed by atoms with Gasteiger partial charge in [0.25, 0.3) is 0 Å². The van der Waals surface area contributed by atoms with E-state index in [1.165, 1.54) is 0 Å². The van der Waals surface area contributed by atoms with E-state index >= 15 is 0 Å². The Labute approximate surface area is 140 Å². The van der Waals surface area contributed by atoms with Gasteiger partial charge in [-0.2, -0.15) is 0 Å². The quantitative estimate of drug-likeness (QED) is 0.372. The number of rotatable bonds is 5. The number of carbonyl (C=O) groups excluding carboxylic acids is 1. The summed E-state index contributed by atoms with van der Waals surface area (Å²) in [4.78, 5) is 16.3. The molecule has 0 bridgehead atoms. The summed E-state index contributed by atoms with van der Waals surface area (Å²) in [5, 5.41) is 3.99. The van der Waals surface area contributed by atoms with Crippen LogP contribution in [0.2, 0.25) is 5.02 Å². The maximum atomic E-state index is 11.6. The molecule has 114 valence electrons. The van der Waals surface area contributed by atoms with E-state index in [0.717, 1.165) is 4.47 Å². The standard InChI is InChI=1S/C15H12BrClN2O3/c16-11-7-5-10(6-8-11)15(18)19-22-14(20)9-21-13-4-2-1-3-12(13)17/h1-8H,9H2,(H2,18,19). The molecule has 0 saturated heterocycles. The van der Waals surface area contributed by atoms with Crippen molar-refractivity contribution in [1.82, 2.24) is 0 Å². The maximum absolute atomic E-state index is 11.6. The molecule has 0 unspecified atom stereocenters. The van der Waals surface area contributed by atoms with Gasteiger partial charge in [-0.15, -0.1) is 0 Å². The minimum atomic E-state index is -0.681. The van der Waals surface area contributed by atoms with Gasteiger partial charge in [-0.3, -0.25) is 0 Å². The van der Waals surface area contributed by atoms with Crippen molar-refractivity contribution in [2.24, 2.45) is 10.9 Å². The summed E-state index contributed by atoms with van der Waals surface area (Å²) in [7, 11) is 0. The van der Waals surface area contributed by atoms with Crippen LogP contribution in [0.3, 0.4) is 0 Å². The van der Waals surface area contributed by atoms with Crippen molar-refractivity contribution in [2.45, 2.75) is 0 Å². The number of carbonyl (C=O) groups is 1. The van der Waals surface area contributed by atoms with Crippen LogP contribution in [0, 0.1) is 0 Å². The highest BCUT2D eigenvalue weighted by atomic mass is 79.9. The van der Waals surface area contributed by atoms with Crippen molar-refractivity contribution < 1.29 is 14.4 Å². The number of nitrogens with two attached hydrogens (primary N) is 1. The van der Waals surface area contributed by atoms with Crippen molar-refractivity contribution in [3.05, 3.63) is 63.6 Å². The lowest BCUT2D eigenvalue weighted by Gasteiger charge is -2.06. The van der Waals surface area contributed by atoms with Crippen LogP contribution in [0.5, 0.6) is 5.75 Å². The molecule has 7 heteroatoms. The minimum absolute atomic E-state index is 0.0959. The van der Waals surface area contributed by atoms with Crippen LogP contribution in [0.15, 0.2) is 58.2 Å². The first-order valence-corrected chi connectivity index (χ1v) is 7.40. The van der Waals surface area contributed by atoms with Crippen molar-refractivity contribution >= 4 is 39.3 Å². The maximum Gasteiger partial charge on any atom is 0.372 e. The third-order valence-corrected chi connectivity index (χ3v) is 3.41. The Kier molecular flexibility index (Phi) is 5.80. The summed E-state index contributed by atoms with van der Waals surface area (Å²) in [5.41, 5.74) is 6.36. The second-order valence-corrected chi connectivity index (χ2v) is 5.49. The molecule has 2 aromatic rings. The van der Waals surface area contributed by atoms with Gasteiger partial charge in [-0.25, -0.2) is 4.79 Å². The number of oxime groups is 1. The van der Waals surface area contributed by atoms with E-state index in [1.807, 2.05) is 0 Å². The summed E-state index contributed by atoms with van der Waals surface area (Å²) in [6, 6.07) is 13.9. The highest BCUT2D eigenvalue weighted by Gasteiger charge is 2.07. The Morgan fingerprint density at radius 3 is 2.55 bits per heavy atom. The molecule has 0 amide bonds. The van der Waals surface area contributed by atoms with Gasteiger partial charge in [0.2, 0.25) is 0 Å². The van der Waals surface area contributed by atoms with E-state index in [-0.39, 0.29) is 12.4 Å². The molecule has 2 N–H and O–H groups in total. The van der Waals surface area contributed by atoms with Gasteiger partial charge in [0, 0.05) is 10.0 Å². The van der Waals surface area contributed by atoms with Crippen molar-refractivity contribution in [3.8, 4) is 5.75 Å². The smallest absolute Gasteiger partial charge is 0.372 e. The van der Waals surface area contributed by atoms with Crippen molar-refractivity contribution in [2.75, 3.05) is 6.61 Å². The fourth-order valence-electron chi connectivity index (χ4n) is 1.50. The molecular weight excluding hydrogens is 372 g/mol. The molecule has 0 saturated carbocycles. The average Bonchev–Trinajstić information content (AvgIpc) is 2.52. The summed E-state index contributed by atoms with van der Waals surface area (Å²) in [6.45, 7) is -0.319. The highest BCUT2D eigenvalue weighted by molar-refractivity contribution is 9.10. The summed E-state index contributed by atoms with van der Waals surface area (Å²) in [6.07, 6.45) is 0. The van der Waals surface area contributed by atoms with E-state index in [4.69, 9.17) is 26.9 Å². The molecule has 5 nitrogen and oxygen atoms in total. The molecule has 2 rings (SSSR count). The van der Waals surface area contributed by atoms with Crippen molar-refractivity contribution in [3.63, 3.8) is 0 Å². The number of amidine groups is 1. The molecule has 0 atom stereocenters. The van der Waals surface area contributed by atoms with Gasteiger partial charge in [0.1, 0.15) is 5.75 Å². The first-order valence-electron chi connectivity index (χ1n) is 6.23. The Hall–Kier alpha value is -2.05. The van der Waals surface area contributed by atoms with Crippen LogP contribution in [0.4, 0.5) is 0 Å². The molecule has 0 aliphatic heterocycles. The topological polar surface area (TPSA) is 73.9 Å². The van der Waals surface area contributed by atoms with E-state index in [2.05, 4.69) is 21.1 Å². The minimum Gasteiger partial charge on any atom is -0.480 e. The van der Waals surface area contributed by atoms with E-state index in [1.54, 1.807) is 48.5 Å². The third-order valence-electron chi connectivity index (χ3n) is 2.57. The fourth-order valence-corrected chi connectivity index (χ4v) is 1.95. The second kappa shape index (κ2) is 7.82. The molecule has 0 aliphatic rings. The monoisotopic (exact) mass is 382 g/mol. The van der Waals surface area contributed by atoms with E-state index < -0.39 is 5.97 Å². The Balaban J connectivity index is 1.88. The van der Waals surface area contributed by atoms with Crippen LogP contribution in [0.25, 0.3) is 0 Å². The largest absolute Gasteiger partial charge is 0.480 e. The van der Waals surface area contributed by atoms with Gasteiger partial charge in [0.05, 0.1) is 5.02 Å². The molecule has 2 aromatic carbocycles. The molecular formula is C15H12BrClN2O3. The van der Waals surface area contributed by atoms with Crippen LogP contribution < -0.4 is 10.5 Å². The zero-order valence-electron chi connectivity index (χ0n) is 11.3. The van der Waals surface area contributed by atoms with Gasteiger partial charge >= 0.3 is 5.97 Å². The molecule has 0 fully saturated rings. The van der Waals surface area contributed by atoms with Gasteiger partial charge in [0.15, 0.2) is 12.4 Å². The molecule has 0 aliphatic carbocycles. The van der Waals surface area contributed by atoms with Gasteiger partial charge < -0.3 is 15.3 Å². The summed E-state index contributed by atoms with van der Waals surface area (Å²) < 4.78 is 6.14. The lowest BCUT2D eigenvalue weighted by atomic mass is 10.2. The normalized spacial score (nSPS) is 11.1. The van der Waals surface area contributed by atoms with E-state index in [9.17, 15) is 4.79 Å². The number of benzene rings is 2. The number of ether oxygens (including phenoxy) is 1. The van der Waals surface area contributed by atoms with Crippen LogP contribution in [0.1, 0.15) is 5.56 Å². The molecule has 0 radical (unpaired) electrons. The Morgan fingerprint density at radius 1 is 1.18 bits per heavy atom. The first-order chi connectivity index (χ1) is 10.6. The lowest BCUT2D eigenvalue weighted by Crippen LogP contribution is -2.18. The van der Waals surface area contributed by atoms with Crippen LogP contribution in [-0.2, 0) is 9.63 Å². The van der Waals surface area contributed by atoms with E-state index in [0.29, 0.717) is 16.3 Å². The fraction of sp³-hybridized carbons (Fsp3) is 0.0667. The molecule has 0 spiro atoms.